The Labute approximate surface area is 200 Å². The number of nitrogens with one attached hydrogen (secondary N) is 1. The van der Waals surface area contributed by atoms with Crippen LogP contribution in [0.25, 0.3) is 0 Å². The summed E-state index contributed by atoms with van der Waals surface area (Å²) in [5.41, 5.74) is 1.79. The predicted octanol–water partition coefficient (Wildman–Crippen LogP) is 5.43. The van der Waals surface area contributed by atoms with Crippen molar-refractivity contribution < 1.29 is 13.9 Å². The highest BCUT2D eigenvalue weighted by Crippen LogP contribution is 2.25. The zero-order valence-corrected chi connectivity index (χ0v) is 19.1. The van der Waals surface area contributed by atoms with Crippen LogP contribution in [0.5, 0.6) is 5.75 Å². The lowest BCUT2D eigenvalue weighted by molar-refractivity contribution is 0.102. The summed E-state index contributed by atoms with van der Waals surface area (Å²) in [6.45, 7) is 0.969. The number of carbonyl (C=O) groups excluding carboxylic acids is 1. The summed E-state index contributed by atoms with van der Waals surface area (Å²) in [6, 6.07) is 12.7. The maximum Gasteiger partial charge on any atom is 0.277 e. The van der Waals surface area contributed by atoms with Crippen molar-refractivity contribution in [2.75, 3.05) is 5.32 Å². The van der Waals surface area contributed by atoms with E-state index in [9.17, 15) is 4.79 Å². The van der Waals surface area contributed by atoms with Gasteiger partial charge in [-0.3, -0.25) is 9.48 Å². The second kappa shape index (κ2) is 11.0. The Balaban J connectivity index is 1.22. The number of nitrogens with zero attached hydrogens (tertiary/aromatic N) is 4. The fraction of sp³-hybridized carbons (Fsp3) is 0.217. The molecule has 0 atom stereocenters. The number of benzene rings is 2. The van der Waals surface area contributed by atoms with Crippen molar-refractivity contribution >= 4 is 34.8 Å². The van der Waals surface area contributed by atoms with E-state index in [0.717, 1.165) is 25.8 Å². The van der Waals surface area contributed by atoms with Gasteiger partial charge in [0.05, 0.1) is 16.9 Å². The Kier molecular flexibility index (Phi) is 7.59. The van der Waals surface area contributed by atoms with E-state index in [4.69, 9.17) is 32.4 Å². The van der Waals surface area contributed by atoms with Crippen molar-refractivity contribution in [2.45, 2.75) is 32.4 Å². The van der Waals surface area contributed by atoms with Gasteiger partial charge in [-0.2, -0.15) is 0 Å². The molecule has 10 heteroatoms. The Bertz CT molecular complexity index is 1190. The van der Waals surface area contributed by atoms with Crippen LogP contribution in [0.4, 0.5) is 5.69 Å². The summed E-state index contributed by atoms with van der Waals surface area (Å²) in [4.78, 5) is 16.5. The van der Waals surface area contributed by atoms with Gasteiger partial charge in [0.2, 0.25) is 5.89 Å². The molecule has 0 saturated heterocycles. The van der Waals surface area contributed by atoms with Crippen molar-refractivity contribution in [3.05, 3.63) is 88.3 Å². The van der Waals surface area contributed by atoms with Gasteiger partial charge in [-0.1, -0.05) is 40.5 Å². The number of oxazole rings is 1. The first kappa shape index (κ1) is 22.8. The third kappa shape index (κ3) is 6.57. The quantitative estimate of drug-likeness (QED) is 0.301. The number of ether oxygens (including phenoxy) is 1. The van der Waals surface area contributed by atoms with E-state index >= 15 is 0 Å². The summed E-state index contributed by atoms with van der Waals surface area (Å²) in [7, 11) is 0. The second-order valence-corrected chi connectivity index (χ2v) is 8.10. The SMILES string of the molecule is O=C(Nc1ccc(Cl)cc1Cl)c1coc(COc2ccc(CCCCn3ccnn3)cc2)n1. The van der Waals surface area contributed by atoms with Crippen LogP contribution in [0.1, 0.15) is 34.8 Å². The summed E-state index contributed by atoms with van der Waals surface area (Å²) < 4.78 is 12.9. The average Bonchev–Trinajstić information content (AvgIpc) is 3.50. The highest BCUT2D eigenvalue weighted by Gasteiger charge is 2.14. The number of hydrogen-bond donors (Lipinski definition) is 1. The molecule has 33 heavy (non-hydrogen) atoms. The first-order valence-electron chi connectivity index (χ1n) is 10.3. The minimum atomic E-state index is -0.442. The van der Waals surface area contributed by atoms with Gasteiger partial charge in [0.1, 0.15) is 12.0 Å². The smallest absolute Gasteiger partial charge is 0.277 e. The third-order valence-electron chi connectivity index (χ3n) is 4.82. The number of unbranched alkanes of at least 4 members (excludes halogenated alkanes) is 1. The van der Waals surface area contributed by atoms with Crippen LogP contribution in [-0.2, 0) is 19.6 Å². The minimum absolute atomic E-state index is 0.103. The number of anilines is 1. The molecule has 2 aromatic heterocycles. The third-order valence-corrected chi connectivity index (χ3v) is 5.37. The molecule has 0 unspecified atom stereocenters. The molecule has 4 rings (SSSR count). The van der Waals surface area contributed by atoms with E-state index in [1.54, 1.807) is 24.4 Å². The highest BCUT2D eigenvalue weighted by atomic mass is 35.5. The van der Waals surface area contributed by atoms with Crippen molar-refractivity contribution in [1.82, 2.24) is 20.0 Å². The van der Waals surface area contributed by atoms with Gasteiger partial charge in [0.25, 0.3) is 5.91 Å². The standard InChI is InChI=1S/C23H21Cl2N5O3/c24-17-6-9-20(19(25)13-17)28-23(31)21-14-33-22(27-21)15-32-18-7-4-16(5-8-18)3-1-2-11-30-12-10-26-29-30/h4-10,12-14H,1-3,11,15H2,(H,28,31). The van der Waals surface area contributed by atoms with Crippen molar-refractivity contribution in [3.8, 4) is 5.75 Å². The number of halogens is 2. The molecule has 2 aromatic carbocycles. The zero-order chi connectivity index (χ0) is 23.0. The molecule has 1 N–H and O–H groups in total. The van der Waals surface area contributed by atoms with Gasteiger partial charge < -0.3 is 14.5 Å². The van der Waals surface area contributed by atoms with E-state index < -0.39 is 5.91 Å². The van der Waals surface area contributed by atoms with Crippen LogP contribution in [0.2, 0.25) is 10.0 Å². The molecular weight excluding hydrogens is 465 g/mol. The van der Waals surface area contributed by atoms with Gasteiger partial charge in [0.15, 0.2) is 12.3 Å². The number of rotatable bonds is 10. The lowest BCUT2D eigenvalue weighted by atomic mass is 10.1. The van der Waals surface area contributed by atoms with Crippen LogP contribution in [0.3, 0.4) is 0 Å². The molecule has 0 aliphatic rings. The molecule has 170 valence electrons. The molecule has 2 heterocycles. The summed E-state index contributed by atoms with van der Waals surface area (Å²) in [5, 5.41) is 11.3. The Morgan fingerprint density at radius 3 is 2.73 bits per heavy atom. The number of carbonyl (C=O) groups is 1. The zero-order valence-electron chi connectivity index (χ0n) is 17.6. The molecule has 0 spiro atoms. The van der Waals surface area contributed by atoms with Crippen LogP contribution < -0.4 is 10.1 Å². The predicted molar refractivity (Wildman–Crippen MR) is 125 cm³/mol. The number of hydrogen-bond acceptors (Lipinski definition) is 6. The maximum atomic E-state index is 12.4. The van der Waals surface area contributed by atoms with E-state index in [1.165, 1.54) is 11.8 Å². The Morgan fingerprint density at radius 1 is 1.12 bits per heavy atom. The van der Waals surface area contributed by atoms with Crippen LogP contribution in [0, 0.1) is 0 Å². The van der Waals surface area contributed by atoms with Crippen LogP contribution in [-0.4, -0.2) is 25.9 Å². The van der Waals surface area contributed by atoms with E-state index in [-0.39, 0.29) is 12.3 Å². The molecule has 0 aliphatic heterocycles. The fourth-order valence-electron chi connectivity index (χ4n) is 3.11. The van der Waals surface area contributed by atoms with Crippen molar-refractivity contribution in [1.29, 1.82) is 0 Å². The van der Waals surface area contributed by atoms with E-state index in [2.05, 4.69) is 20.6 Å². The molecule has 1 amide bonds. The largest absolute Gasteiger partial charge is 0.484 e. The van der Waals surface area contributed by atoms with Crippen molar-refractivity contribution in [3.63, 3.8) is 0 Å². The molecular formula is C23H21Cl2N5O3. The first-order valence-corrected chi connectivity index (χ1v) is 11.1. The van der Waals surface area contributed by atoms with Crippen molar-refractivity contribution in [2.24, 2.45) is 0 Å². The number of aryl methyl sites for hydroxylation is 2. The number of amides is 1. The monoisotopic (exact) mass is 485 g/mol. The number of aromatic nitrogens is 4. The summed E-state index contributed by atoms with van der Waals surface area (Å²) >= 11 is 12.0. The normalized spacial score (nSPS) is 10.8. The molecule has 0 fully saturated rings. The van der Waals surface area contributed by atoms with Gasteiger partial charge in [-0.15, -0.1) is 5.10 Å². The average molecular weight is 486 g/mol. The van der Waals surface area contributed by atoms with Gasteiger partial charge in [-0.25, -0.2) is 4.98 Å². The molecule has 0 radical (unpaired) electrons. The Hall–Kier alpha value is -3.36. The minimum Gasteiger partial charge on any atom is -0.484 e. The fourth-order valence-corrected chi connectivity index (χ4v) is 3.57. The lowest BCUT2D eigenvalue weighted by Crippen LogP contribution is -2.13. The Morgan fingerprint density at radius 2 is 1.97 bits per heavy atom. The molecule has 0 aliphatic carbocycles. The maximum absolute atomic E-state index is 12.4. The molecule has 4 aromatic rings. The molecule has 0 bridgehead atoms. The topological polar surface area (TPSA) is 95.1 Å². The molecule has 0 saturated carbocycles. The summed E-state index contributed by atoms with van der Waals surface area (Å²) in [6.07, 6.45) is 7.90. The van der Waals surface area contributed by atoms with E-state index in [1.807, 2.05) is 35.1 Å². The van der Waals surface area contributed by atoms with E-state index in [0.29, 0.717) is 27.4 Å². The molecule has 8 nitrogen and oxygen atoms in total. The van der Waals surface area contributed by atoms with Gasteiger partial charge >= 0.3 is 0 Å². The lowest BCUT2D eigenvalue weighted by Gasteiger charge is -2.06. The van der Waals surface area contributed by atoms with Crippen LogP contribution >= 0.6 is 23.2 Å². The van der Waals surface area contributed by atoms with Crippen LogP contribution in [0.15, 0.2) is 65.5 Å². The second-order valence-electron chi connectivity index (χ2n) is 7.26. The van der Waals surface area contributed by atoms with Gasteiger partial charge in [0, 0.05) is 17.8 Å². The van der Waals surface area contributed by atoms with Gasteiger partial charge in [-0.05, 0) is 55.2 Å². The summed E-state index contributed by atoms with van der Waals surface area (Å²) in [5.74, 6) is 0.542. The highest BCUT2D eigenvalue weighted by molar-refractivity contribution is 6.36. The first-order chi connectivity index (χ1) is 16.1.